The van der Waals surface area contributed by atoms with Crippen molar-refractivity contribution < 1.29 is 9.53 Å². The Morgan fingerprint density at radius 1 is 1.39 bits per heavy atom. The molecule has 0 bridgehead atoms. The topological polar surface area (TPSA) is 80.0 Å². The quantitative estimate of drug-likeness (QED) is 0.473. The summed E-state index contributed by atoms with van der Waals surface area (Å²) in [6.07, 6.45) is 4.67. The number of nitrogens with two attached hydrogens (primary N) is 1. The smallest absolute Gasteiger partial charge is 0.265 e. The van der Waals surface area contributed by atoms with Crippen LogP contribution in [0, 0.1) is 5.92 Å². The first-order valence-electron chi connectivity index (χ1n) is 8.30. The molecule has 1 aliphatic heterocycles. The molecule has 0 spiro atoms. The third-order valence-electron chi connectivity index (χ3n) is 4.42. The van der Waals surface area contributed by atoms with Crippen molar-refractivity contribution in [3.05, 3.63) is 24.3 Å². The van der Waals surface area contributed by atoms with Crippen molar-refractivity contribution in [1.82, 2.24) is 5.32 Å². The fourth-order valence-electron chi connectivity index (χ4n) is 2.81. The Morgan fingerprint density at radius 2 is 2.22 bits per heavy atom. The monoisotopic (exact) mass is 316 g/mol. The molecule has 0 unspecified atom stereocenters. The van der Waals surface area contributed by atoms with E-state index >= 15 is 0 Å². The van der Waals surface area contributed by atoms with Crippen LogP contribution >= 0.6 is 0 Å². The number of para-hydroxylation sites is 2. The third-order valence-corrected chi connectivity index (χ3v) is 4.42. The number of carbonyl (C=O) groups is 1. The van der Waals surface area contributed by atoms with Crippen LogP contribution in [-0.2, 0) is 4.79 Å². The number of ether oxygens (including phenoxy) is 1. The number of hydrogen-bond donors (Lipinski definition) is 2. The number of benzene rings is 1. The lowest BCUT2D eigenvalue weighted by atomic mass is 9.86. The van der Waals surface area contributed by atoms with Gasteiger partial charge in [-0.15, -0.1) is 0 Å². The van der Waals surface area contributed by atoms with Crippen LogP contribution in [0.15, 0.2) is 29.3 Å². The molecule has 1 fully saturated rings. The minimum Gasteiger partial charge on any atom is -0.482 e. The van der Waals surface area contributed by atoms with E-state index in [2.05, 4.69) is 10.3 Å². The number of carbonyl (C=O) groups excluding carboxylic acids is 1. The highest BCUT2D eigenvalue weighted by atomic mass is 16.5. The molecule has 1 heterocycles. The number of guanidine groups is 1. The largest absolute Gasteiger partial charge is 0.482 e. The summed E-state index contributed by atoms with van der Waals surface area (Å²) < 4.78 is 5.43. The molecule has 2 aliphatic rings. The highest BCUT2D eigenvalue weighted by Gasteiger charge is 2.24. The van der Waals surface area contributed by atoms with Gasteiger partial charge in [-0.05, 0) is 37.3 Å². The Balaban J connectivity index is 1.44. The summed E-state index contributed by atoms with van der Waals surface area (Å²) in [5.74, 6) is 1.99. The van der Waals surface area contributed by atoms with E-state index in [0.717, 1.165) is 30.3 Å². The van der Waals surface area contributed by atoms with Gasteiger partial charge in [0, 0.05) is 19.6 Å². The number of nitrogens with zero attached hydrogens (tertiary/aromatic N) is 2. The summed E-state index contributed by atoms with van der Waals surface area (Å²) in [5.41, 5.74) is 6.71. The molecule has 124 valence electrons. The van der Waals surface area contributed by atoms with E-state index in [9.17, 15) is 4.79 Å². The zero-order chi connectivity index (χ0) is 16.1. The van der Waals surface area contributed by atoms with E-state index in [-0.39, 0.29) is 12.5 Å². The van der Waals surface area contributed by atoms with E-state index in [4.69, 9.17) is 10.5 Å². The average molecular weight is 316 g/mol. The molecular weight excluding hydrogens is 292 g/mol. The zero-order valence-electron chi connectivity index (χ0n) is 13.3. The molecule has 1 amide bonds. The first kappa shape index (κ1) is 15.6. The predicted molar refractivity (Wildman–Crippen MR) is 90.7 cm³/mol. The molecule has 0 saturated heterocycles. The molecular formula is C17H24N4O2. The Bertz CT molecular complexity index is 584. The van der Waals surface area contributed by atoms with Crippen LogP contribution in [0.4, 0.5) is 5.69 Å². The highest BCUT2D eigenvalue weighted by Crippen LogP contribution is 2.31. The molecule has 1 aromatic carbocycles. The van der Waals surface area contributed by atoms with Crippen molar-refractivity contribution in [2.45, 2.75) is 25.7 Å². The highest BCUT2D eigenvalue weighted by molar-refractivity contribution is 5.97. The molecule has 23 heavy (non-hydrogen) atoms. The van der Waals surface area contributed by atoms with E-state index in [1.54, 1.807) is 4.90 Å². The maximum atomic E-state index is 12.0. The minimum atomic E-state index is -0.00433. The second kappa shape index (κ2) is 7.35. The fourth-order valence-corrected chi connectivity index (χ4v) is 2.81. The number of rotatable bonds is 6. The summed E-state index contributed by atoms with van der Waals surface area (Å²) in [4.78, 5) is 18.2. The van der Waals surface area contributed by atoms with Crippen LogP contribution in [-0.4, -0.2) is 38.1 Å². The van der Waals surface area contributed by atoms with E-state index in [1.807, 2.05) is 24.3 Å². The summed E-state index contributed by atoms with van der Waals surface area (Å²) >= 11 is 0. The van der Waals surface area contributed by atoms with Crippen molar-refractivity contribution >= 4 is 17.6 Å². The van der Waals surface area contributed by atoms with Gasteiger partial charge in [-0.2, -0.15) is 0 Å². The number of anilines is 1. The Hall–Kier alpha value is -2.24. The van der Waals surface area contributed by atoms with Crippen molar-refractivity contribution in [3.8, 4) is 5.75 Å². The maximum Gasteiger partial charge on any atom is 0.265 e. The van der Waals surface area contributed by atoms with Gasteiger partial charge in [0.1, 0.15) is 5.75 Å². The molecule has 1 aliphatic carbocycles. The van der Waals surface area contributed by atoms with Crippen LogP contribution in [0.1, 0.15) is 25.7 Å². The van der Waals surface area contributed by atoms with Crippen LogP contribution in [0.25, 0.3) is 0 Å². The summed E-state index contributed by atoms with van der Waals surface area (Å²) in [5, 5.41) is 3.12. The van der Waals surface area contributed by atoms with Crippen molar-refractivity contribution in [2.75, 3.05) is 31.1 Å². The lowest BCUT2D eigenvalue weighted by molar-refractivity contribution is -0.121. The van der Waals surface area contributed by atoms with Gasteiger partial charge >= 0.3 is 0 Å². The molecule has 6 heteroatoms. The molecule has 3 rings (SSSR count). The number of amides is 1. The zero-order valence-corrected chi connectivity index (χ0v) is 13.3. The van der Waals surface area contributed by atoms with E-state index in [1.165, 1.54) is 19.3 Å². The number of fused-ring (bicyclic) bond motifs is 1. The summed E-state index contributed by atoms with van der Waals surface area (Å²) in [7, 11) is 0. The predicted octanol–water partition coefficient (Wildman–Crippen LogP) is 1.51. The number of hydrogen-bond acceptors (Lipinski definition) is 3. The lowest BCUT2D eigenvalue weighted by Crippen LogP contribution is -2.41. The van der Waals surface area contributed by atoms with Gasteiger partial charge < -0.3 is 20.7 Å². The first-order chi connectivity index (χ1) is 11.2. The maximum absolute atomic E-state index is 12.0. The van der Waals surface area contributed by atoms with Gasteiger partial charge in [0.25, 0.3) is 5.91 Å². The molecule has 0 radical (unpaired) electrons. The first-order valence-corrected chi connectivity index (χ1v) is 8.30. The van der Waals surface area contributed by atoms with Gasteiger partial charge in [-0.25, -0.2) is 0 Å². The molecule has 0 atom stereocenters. The summed E-state index contributed by atoms with van der Waals surface area (Å²) in [6, 6.07) is 7.62. The van der Waals surface area contributed by atoms with E-state index in [0.29, 0.717) is 19.0 Å². The van der Waals surface area contributed by atoms with Gasteiger partial charge in [0.05, 0.1) is 5.69 Å². The third kappa shape index (κ3) is 3.94. The minimum absolute atomic E-state index is 0.00433. The van der Waals surface area contributed by atoms with Crippen LogP contribution in [0.2, 0.25) is 0 Å². The van der Waals surface area contributed by atoms with E-state index < -0.39 is 0 Å². The van der Waals surface area contributed by atoms with Gasteiger partial charge in [0.2, 0.25) is 0 Å². The van der Waals surface area contributed by atoms with Crippen LogP contribution in [0.5, 0.6) is 5.75 Å². The molecule has 1 aromatic rings. The van der Waals surface area contributed by atoms with Gasteiger partial charge in [-0.3, -0.25) is 9.79 Å². The second-order valence-electron chi connectivity index (χ2n) is 6.10. The normalized spacial score (nSPS) is 18.2. The Labute approximate surface area is 136 Å². The Kier molecular flexibility index (Phi) is 5.00. The SMILES string of the molecule is NC(=NCC1CCC1)NCCCN1C(=O)COc2ccccc21. The van der Waals surface area contributed by atoms with Crippen molar-refractivity contribution in [2.24, 2.45) is 16.6 Å². The number of nitrogens with one attached hydrogen (secondary N) is 1. The Morgan fingerprint density at radius 3 is 3.00 bits per heavy atom. The van der Waals surface area contributed by atoms with Crippen LogP contribution < -0.4 is 20.7 Å². The van der Waals surface area contributed by atoms with Crippen molar-refractivity contribution in [1.29, 1.82) is 0 Å². The molecule has 1 saturated carbocycles. The van der Waals surface area contributed by atoms with Gasteiger partial charge in [0.15, 0.2) is 12.6 Å². The van der Waals surface area contributed by atoms with Crippen LogP contribution in [0.3, 0.4) is 0 Å². The van der Waals surface area contributed by atoms with Gasteiger partial charge in [-0.1, -0.05) is 18.6 Å². The van der Waals surface area contributed by atoms with Crippen molar-refractivity contribution in [3.63, 3.8) is 0 Å². The molecule has 0 aromatic heterocycles. The molecule has 3 N–H and O–H groups in total. The standard InChI is InChI=1S/C17H24N4O2/c18-17(20-11-13-5-3-6-13)19-9-4-10-21-14-7-1-2-8-15(14)23-12-16(21)22/h1-2,7-8,13H,3-6,9-12H2,(H3,18,19,20). The lowest BCUT2D eigenvalue weighted by Gasteiger charge is -2.29. The second-order valence-corrected chi connectivity index (χ2v) is 6.10. The fraction of sp³-hybridized carbons (Fsp3) is 0.529. The molecule has 6 nitrogen and oxygen atoms in total. The average Bonchev–Trinajstić information content (AvgIpc) is 2.51. The number of aliphatic imine (C=N–C) groups is 1. The summed E-state index contributed by atoms with van der Waals surface area (Å²) in [6.45, 7) is 2.28.